The largest absolute Gasteiger partial charge is 0.497 e. The number of aryl methyl sites for hydroxylation is 1. The summed E-state index contributed by atoms with van der Waals surface area (Å²) >= 11 is 0. The van der Waals surface area contributed by atoms with Gasteiger partial charge in [-0.1, -0.05) is 19.1 Å². The monoisotopic (exact) mass is 383 g/mol. The normalized spacial score (nSPS) is 18.4. The second-order valence-corrected chi connectivity index (χ2v) is 7.76. The van der Waals surface area contributed by atoms with E-state index in [2.05, 4.69) is 45.6 Å². The van der Waals surface area contributed by atoms with Gasteiger partial charge in [-0.2, -0.15) is 5.10 Å². The Labute approximate surface area is 168 Å². The van der Waals surface area contributed by atoms with E-state index in [4.69, 9.17) is 4.74 Å². The van der Waals surface area contributed by atoms with Crippen LogP contribution in [0.5, 0.6) is 5.75 Å². The molecule has 1 fully saturated rings. The van der Waals surface area contributed by atoms with Gasteiger partial charge in [0, 0.05) is 39.9 Å². The van der Waals surface area contributed by atoms with Gasteiger partial charge in [-0.3, -0.25) is 9.67 Å². The number of hydrogen-bond donors (Lipinski definition) is 1. The summed E-state index contributed by atoms with van der Waals surface area (Å²) in [6, 6.07) is 8.37. The fourth-order valence-electron chi connectivity index (χ4n) is 3.93. The zero-order chi connectivity index (χ0) is 19.9. The molecule has 0 saturated carbocycles. The molecule has 0 aliphatic carbocycles. The summed E-state index contributed by atoms with van der Waals surface area (Å²) in [4.78, 5) is 6.89. The van der Waals surface area contributed by atoms with Crippen molar-refractivity contribution >= 4 is 5.96 Å². The molecule has 1 aliphatic heterocycles. The first-order valence-corrected chi connectivity index (χ1v) is 10.2. The maximum atomic E-state index is 5.24. The minimum atomic E-state index is 0.494. The predicted molar refractivity (Wildman–Crippen MR) is 114 cm³/mol. The van der Waals surface area contributed by atoms with E-state index in [0.29, 0.717) is 11.8 Å². The van der Waals surface area contributed by atoms with Gasteiger partial charge in [0.15, 0.2) is 5.96 Å². The number of nitrogens with zero attached hydrogens (tertiary/aromatic N) is 4. The van der Waals surface area contributed by atoms with E-state index in [-0.39, 0.29) is 0 Å². The van der Waals surface area contributed by atoms with E-state index in [1.165, 1.54) is 17.5 Å². The van der Waals surface area contributed by atoms with E-state index in [9.17, 15) is 0 Å². The Morgan fingerprint density at radius 1 is 1.36 bits per heavy atom. The predicted octanol–water partition coefficient (Wildman–Crippen LogP) is 3.06. The number of hydrogen-bond acceptors (Lipinski definition) is 3. The zero-order valence-corrected chi connectivity index (χ0v) is 17.6. The Morgan fingerprint density at radius 3 is 2.79 bits per heavy atom. The van der Waals surface area contributed by atoms with Crippen molar-refractivity contribution in [3.63, 3.8) is 0 Å². The maximum absolute atomic E-state index is 5.24. The van der Waals surface area contributed by atoms with Crippen molar-refractivity contribution in [2.75, 3.05) is 33.8 Å². The second kappa shape index (κ2) is 9.62. The molecule has 2 atom stereocenters. The van der Waals surface area contributed by atoms with Gasteiger partial charge in [-0.15, -0.1) is 0 Å². The first-order valence-electron chi connectivity index (χ1n) is 10.2. The molecular weight excluding hydrogens is 350 g/mol. The van der Waals surface area contributed by atoms with Crippen molar-refractivity contribution in [3.05, 3.63) is 47.8 Å². The molecule has 2 aromatic rings. The number of guanidine groups is 1. The molecule has 0 bridgehead atoms. The van der Waals surface area contributed by atoms with Crippen LogP contribution in [0.15, 0.2) is 41.7 Å². The number of methoxy groups -OCH3 is 1. The summed E-state index contributed by atoms with van der Waals surface area (Å²) in [6.07, 6.45) is 7.47. The highest BCUT2D eigenvalue weighted by molar-refractivity contribution is 5.80. The lowest BCUT2D eigenvalue weighted by Gasteiger charge is -2.22. The molecule has 0 amide bonds. The van der Waals surface area contributed by atoms with Gasteiger partial charge in [0.1, 0.15) is 5.75 Å². The van der Waals surface area contributed by atoms with E-state index >= 15 is 0 Å². The first-order chi connectivity index (χ1) is 13.6. The number of benzene rings is 1. The number of nitrogens with one attached hydrogen (secondary N) is 1. The Bertz CT molecular complexity index is 767. The third-order valence-electron chi connectivity index (χ3n) is 5.63. The smallest absolute Gasteiger partial charge is 0.193 e. The van der Waals surface area contributed by atoms with Crippen LogP contribution in [0.3, 0.4) is 0 Å². The standard InChI is InChI=1S/C22H33N5O/c1-17(20-5-7-21(28-4)8-6-20)9-11-24-22(23-2)27-12-10-18(16-27)13-19-14-25-26(3)15-19/h5-8,14-15,17-18H,9-13,16H2,1-4H3,(H,23,24). The summed E-state index contributed by atoms with van der Waals surface area (Å²) in [5, 5.41) is 7.84. The van der Waals surface area contributed by atoms with Crippen LogP contribution >= 0.6 is 0 Å². The van der Waals surface area contributed by atoms with Crippen molar-refractivity contribution in [1.82, 2.24) is 20.0 Å². The van der Waals surface area contributed by atoms with Crippen molar-refractivity contribution in [1.29, 1.82) is 0 Å². The van der Waals surface area contributed by atoms with Crippen LogP contribution in [-0.4, -0.2) is 54.4 Å². The summed E-state index contributed by atoms with van der Waals surface area (Å²) in [5.41, 5.74) is 2.67. The molecule has 1 aromatic heterocycles. The molecule has 152 valence electrons. The Morgan fingerprint density at radius 2 is 2.14 bits per heavy atom. The summed E-state index contributed by atoms with van der Waals surface area (Å²) < 4.78 is 7.12. The fraction of sp³-hybridized carbons (Fsp3) is 0.545. The molecule has 3 rings (SSSR count). The topological polar surface area (TPSA) is 54.7 Å². The van der Waals surface area contributed by atoms with Crippen molar-refractivity contribution < 1.29 is 4.74 Å². The van der Waals surface area contributed by atoms with Crippen LogP contribution < -0.4 is 10.1 Å². The molecule has 6 heteroatoms. The van der Waals surface area contributed by atoms with Crippen LogP contribution in [-0.2, 0) is 13.5 Å². The number of ether oxygens (including phenoxy) is 1. The number of likely N-dealkylation sites (tertiary alicyclic amines) is 1. The van der Waals surface area contributed by atoms with Crippen molar-refractivity contribution in [2.45, 2.75) is 32.1 Å². The SMILES string of the molecule is CN=C(NCCC(C)c1ccc(OC)cc1)N1CCC(Cc2cnn(C)c2)C1. The quantitative estimate of drug-likeness (QED) is 0.590. The van der Waals surface area contributed by atoms with Gasteiger partial charge in [0.05, 0.1) is 13.3 Å². The van der Waals surface area contributed by atoms with E-state index in [1.54, 1.807) is 7.11 Å². The third-order valence-corrected chi connectivity index (χ3v) is 5.63. The molecule has 0 radical (unpaired) electrons. The molecule has 1 aromatic carbocycles. The highest BCUT2D eigenvalue weighted by atomic mass is 16.5. The minimum Gasteiger partial charge on any atom is -0.497 e. The molecule has 2 heterocycles. The van der Waals surface area contributed by atoms with E-state index < -0.39 is 0 Å². The van der Waals surface area contributed by atoms with Gasteiger partial charge in [0.2, 0.25) is 0 Å². The molecule has 2 unspecified atom stereocenters. The highest BCUT2D eigenvalue weighted by Gasteiger charge is 2.25. The molecule has 1 saturated heterocycles. The van der Waals surface area contributed by atoms with Gasteiger partial charge < -0.3 is 15.0 Å². The molecular formula is C22H33N5O. The number of aromatic nitrogens is 2. The summed E-state index contributed by atoms with van der Waals surface area (Å²) in [7, 11) is 5.56. The average Bonchev–Trinajstić information content (AvgIpc) is 3.34. The highest BCUT2D eigenvalue weighted by Crippen LogP contribution is 2.22. The number of rotatable bonds is 7. The lowest BCUT2D eigenvalue weighted by atomic mass is 9.98. The Hall–Kier alpha value is -2.50. The van der Waals surface area contributed by atoms with Crippen LogP contribution in [0.25, 0.3) is 0 Å². The van der Waals surface area contributed by atoms with Crippen LogP contribution in [0.2, 0.25) is 0 Å². The lowest BCUT2D eigenvalue weighted by molar-refractivity contribution is 0.414. The van der Waals surface area contributed by atoms with E-state index in [1.807, 2.05) is 37.1 Å². The van der Waals surface area contributed by atoms with Gasteiger partial charge in [-0.25, -0.2) is 0 Å². The molecule has 1 aliphatic rings. The Kier molecular flexibility index (Phi) is 6.95. The van der Waals surface area contributed by atoms with Crippen molar-refractivity contribution in [2.24, 2.45) is 18.0 Å². The van der Waals surface area contributed by atoms with Gasteiger partial charge in [0.25, 0.3) is 0 Å². The first kappa shape index (κ1) is 20.2. The molecule has 6 nitrogen and oxygen atoms in total. The minimum absolute atomic E-state index is 0.494. The van der Waals surface area contributed by atoms with Crippen LogP contribution in [0.1, 0.15) is 36.8 Å². The molecule has 1 N–H and O–H groups in total. The average molecular weight is 384 g/mol. The number of aliphatic imine (C=N–C) groups is 1. The fourth-order valence-corrected chi connectivity index (χ4v) is 3.93. The lowest BCUT2D eigenvalue weighted by Crippen LogP contribution is -2.40. The van der Waals surface area contributed by atoms with Crippen molar-refractivity contribution in [3.8, 4) is 5.75 Å². The van der Waals surface area contributed by atoms with Gasteiger partial charge >= 0.3 is 0 Å². The molecule has 28 heavy (non-hydrogen) atoms. The van der Waals surface area contributed by atoms with Crippen LogP contribution in [0.4, 0.5) is 0 Å². The zero-order valence-electron chi connectivity index (χ0n) is 17.6. The van der Waals surface area contributed by atoms with E-state index in [0.717, 1.165) is 44.2 Å². The molecule has 0 spiro atoms. The maximum Gasteiger partial charge on any atom is 0.193 e. The Balaban J connectivity index is 1.44. The van der Waals surface area contributed by atoms with Gasteiger partial charge in [-0.05, 0) is 54.4 Å². The van der Waals surface area contributed by atoms with Crippen LogP contribution in [0, 0.1) is 5.92 Å². The second-order valence-electron chi connectivity index (χ2n) is 7.76. The third kappa shape index (κ3) is 5.27. The summed E-state index contributed by atoms with van der Waals surface area (Å²) in [6.45, 7) is 5.32. The summed E-state index contributed by atoms with van der Waals surface area (Å²) in [5.74, 6) is 3.09.